The molecule has 0 saturated carbocycles. The third-order valence-corrected chi connectivity index (χ3v) is 3.76. The predicted molar refractivity (Wildman–Crippen MR) is 88.3 cm³/mol. The van der Waals surface area contributed by atoms with Crippen LogP contribution in [0.1, 0.15) is 45.1 Å². The highest BCUT2D eigenvalue weighted by molar-refractivity contribution is 5.14. The molecule has 0 aliphatic carbocycles. The molecule has 0 aliphatic rings. The molecule has 120 valence electrons. The molecular weight excluding hydrogens is 262 g/mol. The molecule has 0 fully saturated rings. The molecule has 1 rings (SSSR count). The summed E-state index contributed by atoms with van der Waals surface area (Å²) in [5.74, 6) is 0.634. The van der Waals surface area contributed by atoms with Crippen LogP contribution in [0, 0.1) is 5.92 Å². The van der Waals surface area contributed by atoms with Crippen molar-refractivity contribution in [2.75, 3.05) is 19.8 Å². The lowest BCUT2D eigenvalue weighted by Crippen LogP contribution is -2.30. The van der Waals surface area contributed by atoms with Crippen LogP contribution in [-0.2, 0) is 11.3 Å². The Morgan fingerprint density at radius 3 is 2.57 bits per heavy atom. The number of nitrogens with one attached hydrogen (secondary N) is 1. The molecule has 21 heavy (non-hydrogen) atoms. The highest BCUT2D eigenvalue weighted by Crippen LogP contribution is 2.12. The van der Waals surface area contributed by atoms with Crippen LogP contribution in [0.3, 0.4) is 0 Å². The molecule has 0 unspecified atom stereocenters. The summed E-state index contributed by atoms with van der Waals surface area (Å²) in [7, 11) is 0. The van der Waals surface area contributed by atoms with E-state index >= 15 is 0 Å². The molecule has 0 saturated heterocycles. The number of hydrogen-bond acceptors (Lipinski definition) is 3. The smallest absolute Gasteiger partial charge is 0.0897 e. The number of aliphatic hydroxyl groups excluding tert-OH is 1. The minimum atomic E-state index is -0.433. The van der Waals surface area contributed by atoms with Crippen molar-refractivity contribution in [1.29, 1.82) is 0 Å². The van der Waals surface area contributed by atoms with Gasteiger partial charge in [0.1, 0.15) is 0 Å². The number of benzene rings is 1. The largest absolute Gasteiger partial charge is 0.389 e. The van der Waals surface area contributed by atoms with Crippen LogP contribution in [-0.4, -0.2) is 31.0 Å². The van der Waals surface area contributed by atoms with Crippen molar-refractivity contribution in [2.45, 2.75) is 52.2 Å². The Morgan fingerprint density at radius 2 is 1.90 bits per heavy atom. The Hall–Kier alpha value is -0.900. The summed E-state index contributed by atoms with van der Waals surface area (Å²) in [5, 5.41) is 13.2. The van der Waals surface area contributed by atoms with Gasteiger partial charge in [0.05, 0.1) is 12.7 Å². The SMILES string of the molecule is CCCC[C@H](CC)COC[C@@H](O)CNCc1ccccc1. The zero-order valence-electron chi connectivity index (χ0n) is 13.6. The maximum Gasteiger partial charge on any atom is 0.0897 e. The molecule has 3 nitrogen and oxygen atoms in total. The Morgan fingerprint density at radius 1 is 1.14 bits per heavy atom. The second-order valence-electron chi connectivity index (χ2n) is 5.72. The number of aliphatic hydroxyl groups is 1. The molecule has 0 radical (unpaired) electrons. The van der Waals surface area contributed by atoms with E-state index < -0.39 is 6.10 Å². The van der Waals surface area contributed by atoms with Crippen molar-refractivity contribution < 1.29 is 9.84 Å². The van der Waals surface area contributed by atoms with Crippen LogP contribution in [0.25, 0.3) is 0 Å². The molecule has 0 aromatic heterocycles. The van der Waals surface area contributed by atoms with Gasteiger partial charge in [-0.05, 0) is 17.9 Å². The Bertz CT molecular complexity index is 342. The van der Waals surface area contributed by atoms with Gasteiger partial charge in [0.2, 0.25) is 0 Å². The van der Waals surface area contributed by atoms with Gasteiger partial charge < -0.3 is 15.2 Å². The van der Waals surface area contributed by atoms with E-state index in [0.29, 0.717) is 19.1 Å². The van der Waals surface area contributed by atoms with E-state index in [1.165, 1.54) is 24.8 Å². The average molecular weight is 293 g/mol. The predicted octanol–water partition coefficient (Wildman–Crippen LogP) is 3.37. The van der Waals surface area contributed by atoms with E-state index in [-0.39, 0.29) is 0 Å². The normalized spacial score (nSPS) is 14.0. The molecule has 0 aliphatic heterocycles. The summed E-state index contributed by atoms with van der Waals surface area (Å²) in [6.45, 7) is 6.97. The van der Waals surface area contributed by atoms with Crippen LogP contribution in [0.15, 0.2) is 30.3 Å². The fourth-order valence-electron chi connectivity index (χ4n) is 2.31. The second kappa shape index (κ2) is 11.7. The van der Waals surface area contributed by atoms with Crippen LogP contribution in [0.2, 0.25) is 0 Å². The van der Waals surface area contributed by atoms with Gasteiger partial charge in [-0.1, -0.05) is 63.4 Å². The molecule has 0 spiro atoms. The number of unbranched alkanes of at least 4 members (excludes halogenated alkanes) is 1. The van der Waals surface area contributed by atoms with Gasteiger partial charge in [0, 0.05) is 19.7 Å². The van der Waals surface area contributed by atoms with Crippen molar-refractivity contribution in [3.05, 3.63) is 35.9 Å². The summed E-state index contributed by atoms with van der Waals surface area (Å²) >= 11 is 0. The average Bonchev–Trinajstić information content (AvgIpc) is 2.51. The first-order valence-electron chi connectivity index (χ1n) is 8.26. The van der Waals surface area contributed by atoms with Crippen molar-refractivity contribution in [3.63, 3.8) is 0 Å². The van der Waals surface area contributed by atoms with E-state index in [4.69, 9.17) is 4.74 Å². The lowest BCUT2D eigenvalue weighted by atomic mass is 10.0. The van der Waals surface area contributed by atoms with Gasteiger partial charge in [-0.2, -0.15) is 0 Å². The van der Waals surface area contributed by atoms with Crippen LogP contribution >= 0.6 is 0 Å². The van der Waals surface area contributed by atoms with Gasteiger partial charge >= 0.3 is 0 Å². The first-order chi connectivity index (χ1) is 10.3. The summed E-state index contributed by atoms with van der Waals surface area (Å²) in [5.41, 5.74) is 1.23. The first-order valence-corrected chi connectivity index (χ1v) is 8.26. The topological polar surface area (TPSA) is 41.5 Å². The maximum atomic E-state index is 9.90. The van der Waals surface area contributed by atoms with Gasteiger partial charge in [0.25, 0.3) is 0 Å². The zero-order valence-corrected chi connectivity index (χ0v) is 13.6. The van der Waals surface area contributed by atoms with E-state index in [9.17, 15) is 5.11 Å². The quantitative estimate of drug-likeness (QED) is 0.621. The minimum Gasteiger partial charge on any atom is -0.389 e. The van der Waals surface area contributed by atoms with E-state index in [0.717, 1.165) is 19.6 Å². The standard InChI is InChI=1S/C18H31NO2/c1-3-5-9-16(4-2)14-21-15-18(20)13-19-12-17-10-7-6-8-11-17/h6-8,10-11,16,18-20H,3-5,9,12-15H2,1-2H3/t16-,18-/m0/s1. The Kier molecular flexibility index (Phi) is 10.1. The third kappa shape index (κ3) is 8.86. The monoisotopic (exact) mass is 293 g/mol. The number of hydrogen-bond donors (Lipinski definition) is 2. The molecular formula is C18H31NO2. The minimum absolute atomic E-state index is 0.421. The van der Waals surface area contributed by atoms with Crippen molar-refractivity contribution in [3.8, 4) is 0 Å². The van der Waals surface area contributed by atoms with E-state index in [1.54, 1.807) is 0 Å². The molecule has 2 atom stereocenters. The van der Waals surface area contributed by atoms with E-state index in [1.807, 2.05) is 18.2 Å². The molecule has 1 aromatic carbocycles. The number of rotatable bonds is 12. The van der Waals surface area contributed by atoms with Gasteiger partial charge in [-0.3, -0.25) is 0 Å². The second-order valence-corrected chi connectivity index (χ2v) is 5.72. The highest BCUT2D eigenvalue weighted by Gasteiger charge is 2.08. The van der Waals surface area contributed by atoms with Crippen LogP contribution in [0.4, 0.5) is 0 Å². The number of ether oxygens (including phenoxy) is 1. The van der Waals surface area contributed by atoms with Crippen molar-refractivity contribution >= 4 is 0 Å². The van der Waals surface area contributed by atoms with Gasteiger partial charge in [0.15, 0.2) is 0 Å². The molecule has 0 bridgehead atoms. The fraction of sp³-hybridized carbons (Fsp3) is 0.667. The summed E-state index contributed by atoms with van der Waals surface area (Å²) in [6, 6.07) is 10.2. The first kappa shape index (κ1) is 18.1. The Balaban J connectivity index is 2.06. The van der Waals surface area contributed by atoms with Crippen LogP contribution < -0.4 is 5.32 Å². The lowest BCUT2D eigenvalue weighted by Gasteiger charge is -2.17. The fourth-order valence-corrected chi connectivity index (χ4v) is 2.31. The van der Waals surface area contributed by atoms with Gasteiger partial charge in [-0.25, -0.2) is 0 Å². The van der Waals surface area contributed by atoms with Crippen molar-refractivity contribution in [1.82, 2.24) is 5.32 Å². The summed E-state index contributed by atoms with van der Waals surface area (Å²) in [4.78, 5) is 0. The van der Waals surface area contributed by atoms with Crippen molar-refractivity contribution in [2.24, 2.45) is 5.92 Å². The third-order valence-electron chi connectivity index (χ3n) is 3.76. The van der Waals surface area contributed by atoms with Crippen LogP contribution in [0.5, 0.6) is 0 Å². The zero-order chi connectivity index (χ0) is 15.3. The molecule has 2 N–H and O–H groups in total. The molecule has 0 amide bonds. The lowest BCUT2D eigenvalue weighted by molar-refractivity contribution is 0.0192. The van der Waals surface area contributed by atoms with Gasteiger partial charge in [-0.15, -0.1) is 0 Å². The molecule has 0 heterocycles. The summed E-state index contributed by atoms with van der Waals surface area (Å²) < 4.78 is 5.66. The molecule has 3 heteroatoms. The maximum absolute atomic E-state index is 9.90. The summed E-state index contributed by atoms with van der Waals surface area (Å²) in [6.07, 6.45) is 4.46. The Labute approximate surface area is 129 Å². The highest BCUT2D eigenvalue weighted by atomic mass is 16.5. The van der Waals surface area contributed by atoms with E-state index in [2.05, 4.69) is 31.3 Å². The molecule has 1 aromatic rings.